The molecule has 0 atom stereocenters. The average molecular weight is 336 g/mol. The molecule has 0 bridgehead atoms. The zero-order valence-corrected chi connectivity index (χ0v) is 14.8. The predicted octanol–water partition coefficient (Wildman–Crippen LogP) is 3.74. The Morgan fingerprint density at radius 3 is 2.68 bits per heavy atom. The number of hydrogen-bond acceptors (Lipinski definition) is 4. The van der Waals surface area contributed by atoms with Crippen LogP contribution in [0.25, 0.3) is 11.3 Å². The quantitative estimate of drug-likeness (QED) is 0.620. The number of nitrogens with zero attached hydrogens (tertiary/aromatic N) is 2. The van der Waals surface area contributed by atoms with Crippen molar-refractivity contribution in [1.82, 2.24) is 9.55 Å². The highest BCUT2D eigenvalue weighted by Gasteiger charge is 2.19. The van der Waals surface area contributed by atoms with Crippen LogP contribution in [0.4, 0.5) is 11.4 Å². The Morgan fingerprint density at radius 1 is 1.20 bits per heavy atom. The first kappa shape index (κ1) is 17.0. The molecule has 0 amide bonds. The second-order valence-electron chi connectivity index (χ2n) is 6.78. The zero-order valence-electron chi connectivity index (χ0n) is 14.8. The molecule has 2 aromatic carbocycles. The number of imidazole rings is 1. The first-order valence-corrected chi connectivity index (χ1v) is 8.28. The van der Waals surface area contributed by atoms with Crippen molar-refractivity contribution in [1.29, 1.82) is 0 Å². The standard InChI is InChI=1S/C20H24N4O/c1-14-10-15(8-9-17(14)21)19-11-24(13-23-19)12-22-18-7-5-4-6-16(18)20(2,3)25/h4-11,13,22,25H,12,21H2,1-3H3. The Labute approximate surface area is 148 Å². The van der Waals surface area contributed by atoms with Crippen LogP contribution in [0, 0.1) is 6.92 Å². The van der Waals surface area contributed by atoms with Crippen LogP contribution in [-0.2, 0) is 12.3 Å². The van der Waals surface area contributed by atoms with Crippen LogP contribution in [0.3, 0.4) is 0 Å². The van der Waals surface area contributed by atoms with Crippen molar-refractivity contribution in [3.63, 3.8) is 0 Å². The molecule has 0 saturated carbocycles. The van der Waals surface area contributed by atoms with Gasteiger partial charge in [0, 0.05) is 28.7 Å². The fourth-order valence-electron chi connectivity index (χ4n) is 2.78. The molecule has 0 aliphatic carbocycles. The third-order valence-corrected chi connectivity index (χ3v) is 4.24. The van der Waals surface area contributed by atoms with Gasteiger partial charge in [0.1, 0.15) is 0 Å². The van der Waals surface area contributed by atoms with Crippen LogP contribution >= 0.6 is 0 Å². The van der Waals surface area contributed by atoms with E-state index in [1.807, 2.05) is 60.2 Å². The SMILES string of the molecule is Cc1cc(-c2cn(CNc3ccccc3C(C)(C)O)cn2)ccc1N. The second kappa shape index (κ2) is 6.61. The molecule has 3 rings (SSSR count). The summed E-state index contributed by atoms with van der Waals surface area (Å²) >= 11 is 0. The first-order chi connectivity index (χ1) is 11.8. The van der Waals surface area contributed by atoms with Crippen molar-refractivity contribution in [3.05, 3.63) is 66.1 Å². The van der Waals surface area contributed by atoms with Crippen LogP contribution in [-0.4, -0.2) is 14.7 Å². The van der Waals surface area contributed by atoms with Gasteiger partial charge >= 0.3 is 0 Å². The van der Waals surface area contributed by atoms with Gasteiger partial charge < -0.3 is 20.7 Å². The molecule has 0 radical (unpaired) electrons. The molecule has 5 heteroatoms. The largest absolute Gasteiger partial charge is 0.399 e. The minimum absolute atomic E-state index is 0.564. The lowest BCUT2D eigenvalue weighted by Crippen LogP contribution is -2.19. The lowest BCUT2D eigenvalue weighted by molar-refractivity contribution is 0.0793. The molecule has 25 heavy (non-hydrogen) atoms. The summed E-state index contributed by atoms with van der Waals surface area (Å²) in [5.74, 6) is 0. The molecule has 0 fully saturated rings. The Morgan fingerprint density at radius 2 is 1.96 bits per heavy atom. The summed E-state index contributed by atoms with van der Waals surface area (Å²) in [5.41, 5.74) is 10.5. The highest BCUT2D eigenvalue weighted by Crippen LogP contribution is 2.27. The molecule has 0 aliphatic rings. The summed E-state index contributed by atoms with van der Waals surface area (Å²) in [6.07, 6.45) is 3.78. The van der Waals surface area contributed by atoms with Gasteiger partial charge in [0.05, 0.1) is 24.3 Å². The van der Waals surface area contributed by atoms with E-state index >= 15 is 0 Å². The van der Waals surface area contributed by atoms with Gasteiger partial charge in [0.2, 0.25) is 0 Å². The number of anilines is 2. The van der Waals surface area contributed by atoms with Crippen molar-refractivity contribution < 1.29 is 5.11 Å². The summed E-state index contributed by atoms with van der Waals surface area (Å²) in [7, 11) is 0. The summed E-state index contributed by atoms with van der Waals surface area (Å²) in [6, 6.07) is 13.7. The number of hydrogen-bond donors (Lipinski definition) is 3. The third-order valence-electron chi connectivity index (χ3n) is 4.24. The van der Waals surface area contributed by atoms with E-state index in [1.54, 1.807) is 20.2 Å². The molecule has 0 saturated heterocycles. The minimum atomic E-state index is -0.898. The number of nitrogens with one attached hydrogen (secondary N) is 1. The van der Waals surface area contributed by atoms with Crippen LogP contribution in [0.2, 0.25) is 0 Å². The van der Waals surface area contributed by atoms with Gasteiger partial charge in [0.15, 0.2) is 0 Å². The minimum Gasteiger partial charge on any atom is -0.399 e. The van der Waals surface area contributed by atoms with Gasteiger partial charge in [0.25, 0.3) is 0 Å². The third kappa shape index (κ3) is 3.83. The highest BCUT2D eigenvalue weighted by molar-refractivity contribution is 5.64. The Bertz CT molecular complexity index is 877. The van der Waals surface area contributed by atoms with Gasteiger partial charge in [-0.2, -0.15) is 0 Å². The Kier molecular flexibility index (Phi) is 4.51. The summed E-state index contributed by atoms with van der Waals surface area (Å²) < 4.78 is 1.97. The molecule has 4 N–H and O–H groups in total. The van der Waals surface area contributed by atoms with E-state index in [0.717, 1.165) is 33.8 Å². The normalized spacial score (nSPS) is 11.5. The van der Waals surface area contributed by atoms with Gasteiger partial charge in [-0.3, -0.25) is 0 Å². The molecule has 1 aromatic heterocycles. The number of nitrogens with two attached hydrogens (primary N) is 1. The van der Waals surface area contributed by atoms with E-state index in [4.69, 9.17) is 5.73 Å². The molecular formula is C20H24N4O. The summed E-state index contributed by atoms with van der Waals surface area (Å²) in [4.78, 5) is 4.47. The number of para-hydroxylation sites is 1. The van der Waals surface area contributed by atoms with Crippen LogP contribution in [0.1, 0.15) is 25.0 Å². The van der Waals surface area contributed by atoms with Crippen molar-refractivity contribution in [2.45, 2.75) is 33.0 Å². The zero-order chi connectivity index (χ0) is 18.0. The van der Waals surface area contributed by atoms with Crippen molar-refractivity contribution in [2.75, 3.05) is 11.1 Å². The number of rotatable bonds is 5. The Balaban J connectivity index is 1.76. The van der Waals surface area contributed by atoms with E-state index in [0.29, 0.717) is 6.67 Å². The van der Waals surface area contributed by atoms with Crippen molar-refractivity contribution >= 4 is 11.4 Å². The summed E-state index contributed by atoms with van der Waals surface area (Å²) in [6.45, 7) is 6.12. The number of nitrogen functional groups attached to an aromatic ring is 1. The molecule has 3 aromatic rings. The van der Waals surface area contributed by atoms with Crippen LogP contribution < -0.4 is 11.1 Å². The fourth-order valence-corrected chi connectivity index (χ4v) is 2.78. The topological polar surface area (TPSA) is 76.1 Å². The number of aliphatic hydroxyl groups is 1. The smallest absolute Gasteiger partial charge is 0.0968 e. The van der Waals surface area contributed by atoms with E-state index < -0.39 is 5.60 Å². The molecule has 0 aliphatic heterocycles. The van der Waals surface area contributed by atoms with Gasteiger partial charge in [-0.1, -0.05) is 24.3 Å². The van der Waals surface area contributed by atoms with E-state index in [-0.39, 0.29) is 0 Å². The number of aromatic nitrogens is 2. The van der Waals surface area contributed by atoms with Crippen LogP contribution in [0.15, 0.2) is 55.0 Å². The number of aryl methyl sites for hydroxylation is 1. The van der Waals surface area contributed by atoms with Crippen LogP contribution in [0.5, 0.6) is 0 Å². The van der Waals surface area contributed by atoms with Crippen molar-refractivity contribution in [3.8, 4) is 11.3 Å². The first-order valence-electron chi connectivity index (χ1n) is 8.28. The summed E-state index contributed by atoms with van der Waals surface area (Å²) in [5, 5.41) is 13.7. The lowest BCUT2D eigenvalue weighted by Gasteiger charge is -2.22. The van der Waals surface area contributed by atoms with Gasteiger partial charge in [-0.25, -0.2) is 4.98 Å². The average Bonchev–Trinajstić information content (AvgIpc) is 3.04. The molecule has 130 valence electrons. The maximum atomic E-state index is 10.3. The number of benzene rings is 2. The molecule has 1 heterocycles. The van der Waals surface area contributed by atoms with E-state index in [1.165, 1.54) is 0 Å². The predicted molar refractivity (Wildman–Crippen MR) is 102 cm³/mol. The molecule has 0 spiro atoms. The lowest BCUT2D eigenvalue weighted by atomic mass is 9.96. The fraction of sp³-hybridized carbons (Fsp3) is 0.250. The van der Waals surface area contributed by atoms with E-state index in [9.17, 15) is 5.11 Å². The Hall–Kier alpha value is -2.79. The molecular weight excluding hydrogens is 312 g/mol. The van der Waals surface area contributed by atoms with Crippen molar-refractivity contribution in [2.24, 2.45) is 0 Å². The second-order valence-corrected chi connectivity index (χ2v) is 6.78. The molecule has 5 nitrogen and oxygen atoms in total. The highest BCUT2D eigenvalue weighted by atomic mass is 16.3. The molecule has 0 unspecified atom stereocenters. The maximum absolute atomic E-state index is 10.3. The van der Waals surface area contributed by atoms with Gasteiger partial charge in [-0.05, 0) is 44.5 Å². The maximum Gasteiger partial charge on any atom is 0.0968 e. The van der Waals surface area contributed by atoms with Gasteiger partial charge in [-0.15, -0.1) is 0 Å². The monoisotopic (exact) mass is 336 g/mol. The van der Waals surface area contributed by atoms with E-state index in [2.05, 4.69) is 10.3 Å².